The molecule has 0 saturated carbocycles. The summed E-state index contributed by atoms with van der Waals surface area (Å²) in [5.74, 6) is 0. The molecule has 0 spiro atoms. The molecule has 1 aliphatic heterocycles. The van der Waals surface area contributed by atoms with Gasteiger partial charge in [0.15, 0.2) is 0 Å². The second-order valence-electron chi connectivity index (χ2n) is 3.26. The first-order valence-electron chi connectivity index (χ1n) is 4.13. The standard InChI is InChI=1S/C9H10Cl2Si/c10-12(11)7-6-9(12)8-4-2-1-3-5-8/h1-5,9H,6-7H2. The average Bonchev–Trinajstić information content (AvgIpc) is 2.05. The molecular formula is C9H10Cl2Si. The molecule has 1 aromatic rings. The normalized spacial score (nSPS) is 26.3. The van der Waals surface area contributed by atoms with Crippen LogP contribution in [0.4, 0.5) is 0 Å². The van der Waals surface area contributed by atoms with Gasteiger partial charge in [0.1, 0.15) is 0 Å². The predicted molar refractivity (Wildman–Crippen MR) is 56.1 cm³/mol. The zero-order chi connectivity index (χ0) is 8.60. The van der Waals surface area contributed by atoms with Crippen LogP contribution in [0.1, 0.15) is 17.5 Å². The fourth-order valence-corrected chi connectivity index (χ4v) is 5.36. The van der Waals surface area contributed by atoms with Gasteiger partial charge in [0, 0.05) is 5.54 Å². The summed E-state index contributed by atoms with van der Waals surface area (Å²) in [6, 6.07) is 11.4. The van der Waals surface area contributed by atoms with Crippen molar-refractivity contribution in [2.75, 3.05) is 0 Å². The van der Waals surface area contributed by atoms with Gasteiger partial charge >= 0.3 is 0 Å². The summed E-state index contributed by atoms with van der Waals surface area (Å²) in [6.45, 7) is -1.88. The summed E-state index contributed by atoms with van der Waals surface area (Å²) in [7, 11) is 0. The lowest BCUT2D eigenvalue weighted by molar-refractivity contribution is 0.768. The molecule has 0 aromatic heterocycles. The number of benzene rings is 1. The van der Waals surface area contributed by atoms with Crippen LogP contribution in [-0.2, 0) is 0 Å². The molecule has 64 valence electrons. The van der Waals surface area contributed by atoms with E-state index in [4.69, 9.17) is 22.2 Å². The third-order valence-electron chi connectivity index (χ3n) is 2.48. The Balaban J connectivity index is 2.22. The Morgan fingerprint density at radius 1 is 1.17 bits per heavy atom. The topological polar surface area (TPSA) is 0 Å². The van der Waals surface area contributed by atoms with E-state index in [0.29, 0.717) is 5.54 Å². The van der Waals surface area contributed by atoms with E-state index in [-0.39, 0.29) is 0 Å². The first kappa shape index (κ1) is 8.61. The highest BCUT2D eigenvalue weighted by Gasteiger charge is 2.47. The number of hydrogen-bond donors (Lipinski definition) is 0. The van der Waals surface area contributed by atoms with Crippen LogP contribution in [0.3, 0.4) is 0 Å². The summed E-state index contributed by atoms with van der Waals surface area (Å²) in [6.07, 6.45) is 1.17. The van der Waals surface area contributed by atoms with Gasteiger partial charge in [-0.15, -0.1) is 22.2 Å². The lowest BCUT2D eigenvalue weighted by atomic mass is 10.1. The van der Waals surface area contributed by atoms with Crippen LogP contribution in [0.2, 0.25) is 6.04 Å². The third-order valence-corrected chi connectivity index (χ3v) is 7.79. The highest BCUT2D eigenvalue weighted by Crippen LogP contribution is 2.49. The largest absolute Gasteiger partial charge is 0.258 e. The maximum Gasteiger partial charge on any atom is 0.258 e. The molecule has 1 atom stereocenters. The molecule has 1 unspecified atom stereocenters. The summed E-state index contributed by atoms with van der Waals surface area (Å²) >= 11 is 12.4. The SMILES string of the molecule is Cl[Si]1(Cl)CCC1c1ccccc1. The second kappa shape index (κ2) is 3.06. The molecule has 3 heteroatoms. The average molecular weight is 217 g/mol. The molecular weight excluding hydrogens is 207 g/mol. The van der Waals surface area contributed by atoms with Gasteiger partial charge in [0.2, 0.25) is 0 Å². The van der Waals surface area contributed by atoms with Crippen molar-refractivity contribution in [2.45, 2.75) is 18.0 Å². The van der Waals surface area contributed by atoms with Gasteiger partial charge in [-0.05, 0) is 18.0 Å². The van der Waals surface area contributed by atoms with Crippen molar-refractivity contribution in [1.82, 2.24) is 0 Å². The molecule has 1 saturated heterocycles. The molecule has 0 radical (unpaired) electrons. The number of rotatable bonds is 1. The van der Waals surface area contributed by atoms with Crippen molar-refractivity contribution >= 4 is 28.9 Å². The number of hydrogen-bond acceptors (Lipinski definition) is 0. The van der Waals surface area contributed by atoms with E-state index in [0.717, 1.165) is 6.04 Å². The van der Waals surface area contributed by atoms with Gasteiger partial charge in [0.25, 0.3) is 6.69 Å². The van der Waals surface area contributed by atoms with Gasteiger partial charge in [-0.25, -0.2) is 0 Å². The second-order valence-corrected chi connectivity index (χ2v) is 10.6. The fraction of sp³-hybridized carbons (Fsp3) is 0.333. The molecule has 1 aromatic carbocycles. The maximum absolute atomic E-state index is 6.21. The minimum absolute atomic E-state index is 0.474. The van der Waals surface area contributed by atoms with Crippen LogP contribution in [-0.4, -0.2) is 6.69 Å². The van der Waals surface area contributed by atoms with Gasteiger partial charge < -0.3 is 0 Å². The highest BCUT2D eigenvalue weighted by atomic mass is 35.7. The molecule has 2 rings (SSSR count). The molecule has 1 heterocycles. The molecule has 0 N–H and O–H groups in total. The molecule has 1 aliphatic rings. The smallest absolute Gasteiger partial charge is 0.145 e. The first-order chi connectivity index (χ1) is 5.70. The molecule has 12 heavy (non-hydrogen) atoms. The lowest BCUT2D eigenvalue weighted by Crippen LogP contribution is -2.39. The van der Waals surface area contributed by atoms with E-state index in [1.165, 1.54) is 12.0 Å². The van der Waals surface area contributed by atoms with E-state index in [1.54, 1.807) is 0 Å². The van der Waals surface area contributed by atoms with Crippen molar-refractivity contribution in [3.05, 3.63) is 35.9 Å². The summed E-state index contributed by atoms with van der Waals surface area (Å²) < 4.78 is 0. The van der Waals surface area contributed by atoms with Gasteiger partial charge in [-0.2, -0.15) is 0 Å². The zero-order valence-electron chi connectivity index (χ0n) is 6.63. The van der Waals surface area contributed by atoms with E-state index in [1.807, 2.05) is 18.2 Å². The Kier molecular flexibility index (Phi) is 2.19. The van der Waals surface area contributed by atoms with Crippen LogP contribution in [0, 0.1) is 0 Å². The van der Waals surface area contributed by atoms with E-state index >= 15 is 0 Å². The Morgan fingerprint density at radius 2 is 1.83 bits per heavy atom. The van der Waals surface area contributed by atoms with Crippen LogP contribution >= 0.6 is 22.2 Å². The molecule has 0 aliphatic carbocycles. The number of halogens is 2. The van der Waals surface area contributed by atoms with Crippen LogP contribution < -0.4 is 0 Å². The van der Waals surface area contributed by atoms with E-state index in [2.05, 4.69) is 12.1 Å². The fourth-order valence-electron chi connectivity index (χ4n) is 1.60. The van der Waals surface area contributed by atoms with Crippen molar-refractivity contribution in [3.8, 4) is 0 Å². The minimum atomic E-state index is -1.88. The minimum Gasteiger partial charge on any atom is -0.145 e. The predicted octanol–water partition coefficient (Wildman–Crippen LogP) is 3.63. The van der Waals surface area contributed by atoms with E-state index < -0.39 is 6.69 Å². The van der Waals surface area contributed by atoms with Crippen LogP contribution in [0.15, 0.2) is 30.3 Å². The molecule has 1 fully saturated rings. The monoisotopic (exact) mass is 216 g/mol. The van der Waals surface area contributed by atoms with Gasteiger partial charge in [0.05, 0.1) is 0 Å². The third kappa shape index (κ3) is 1.41. The highest BCUT2D eigenvalue weighted by molar-refractivity contribution is 7.46. The lowest BCUT2D eigenvalue weighted by Gasteiger charge is -2.37. The molecule has 0 bridgehead atoms. The van der Waals surface area contributed by atoms with Crippen LogP contribution in [0.25, 0.3) is 0 Å². The van der Waals surface area contributed by atoms with Crippen molar-refractivity contribution < 1.29 is 0 Å². The van der Waals surface area contributed by atoms with Crippen molar-refractivity contribution in [2.24, 2.45) is 0 Å². The Hall–Kier alpha value is 0.0169. The Labute approximate surface area is 82.9 Å². The van der Waals surface area contributed by atoms with Gasteiger partial charge in [-0.1, -0.05) is 30.3 Å². The maximum atomic E-state index is 6.21. The van der Waals surface area contributed by atoms with Crippen molar-refractivity contribution in [1.29, 1.82) is 0 Å². The van der Waals surface area contributed by atoms with Crippen LogP contribution in [0.5, 0.6) is 0 Å². The summed E-state index contributed by atoms with van der Waals surface area (Å²) in [5.41, 5.74) is 1.79. The Bertz CT molecular complexity index is 271. The Morgan fingerprint density at radius 3 is 2.25 bits per heavy atom. The van der Waals surface area contributed by atoms with Crippen molar-refractivity contribution in [3.63, 3.8) is 0 Å². The molecule has 0 amide bonds. The molecule has 0 nitrogen and oxygen atoms in total. The summed E-state index contributed by atoms with van der Waals surface area (Å²) in [5, 5.41) is 0. The first-order valence-corrected chi connectivity index (χ1v) is 8.44. The zero-order valence-corrected chi connectivity index (χ0v) is 9.15. The van der Waals surface area contributed by atoms with Gasteiger partial charge in [-0.3, -0.25) is 0 Å². The van der Waals surface area contributed by atoms with E-state index in [9.17, 15) is 0 Å². The quantitative estimate of drug-likeness (QED) is 0.497. The summed E-state index contributed by atoms with van der Waals surface area (Å²) in [4.78, 5) is 0.